The SMILES string of the molecule is O=C(COC(=O)[C@H]1CCCN1/C=C/C(=O)C(F)(F)F)Nc1cc([N+](=O)[O-])ccc1F. The van der Waals surface area contributed by atoms with Crippen LogP contribution in [0.5, 0.6) is 0 Å². The van der Waals surface area contributed by atoms with Gasteiger partial charge in [-0.05, 0) is 18.9 Å². The summed E-state index contributed by atoms with van der Waals surface area (Å²) in [5.74, 6) is -4.93. The van der Waals surface area contributed by atoms with Crippen LogP contribution < -0.4 is 5.32 Å². The number of alkyl halides is 3. The molecule has 2 rings (SSSR count). The Kier molecular flexibility index (Phi) is 7.08. The van der Waals surface area contributed by atoms with Crippen molar-refractivity contribution in [1.82, 2.24) is 4.90 Å². The third-order valence-corrected chi connectivity index (χ3v) is 4.04. The van der Waals surface area contributed by atoms with E-state index in [9.17, 15) is 42.1 Å². The summed E-state index contributed by atoms with van der Waals surface area (Å²) >= 11 is 0. The van der Waals surface area contributed by atoms with Gasteiger partial charge in [-0.2, -0.15) is 13.2 Å². The molecule has 13 heteroatoms. The molecule has 0 bridgehead atoms. The molecule has 1 aliphatic rings. The van der Waals surface area contributed by atoms with Crippen LogP contribution in [-0.4, -0.2) is 52.9 Å². The summed E-state index contributed by atoms with van der Waals surface area (Å²) in [6.07, 6.45) is -3.23. The van der Waals surface area contributed by atoms with Gasteiger partial charge in [0.25, 0.3) is 17.4 Å². The maximum absolute atomic E-state index is 13.7. The van der Waals surface area contributed by atoms with E-state index in [1.807, 2.05) is 5.32 Å². The second-order valence-electron chi connectivity index (χ2n) is 6.15. The lowest BCUT2D eigenvalue weighted by Gasteiger charge is -2.21. The number of amides is 1. The normalized spacial score (nSPS) is 16.5. The quantitative estimate of drug-likeness (QED) is 0.230. The van der Waals surface area contributed by atoms with E-state index >= 15 is 0 Å². The maximum Gasteiger partial charge on any atom is 0.454 e. The van der Waals surface area contributed by atoms with E-state index in [1.165, 1.54) is 4.90 Å². The number of likely N-dealkylation sites (tertiary alicyclic amines) is 1. The number of allylic oxidation sites excluding steroid dienone is 1. The zero-order valence-corrected chi connectivity index (χ0v) is 15.1. The molecule has 1 aliphatic heterocycles. The van der Waals surface area contributed by atoms with Crippen molar-refractivity contribution in [3.8, 4) is 0 Å². The van der Waals surface area contributed by atoms with E-state index in [0.29, 0.717) is 12.5 Å². The van der Waals surface area contributed by atoms with Crippen molar-refractivity contribution in [1.29, 1.82) is 0 Å². The molecular formula is C17H15F4N3O6. The Morgan fingerprint density at radius 2 is 2.03 bits per heavy atom. The minimum Gasteiger partial charge on any atom is -0.454 e. The fraction of sp³-hybridized carbons (Fsp3) is 0.353. The number of rotatable bonds is 7. The largest absolute Gasteiger partial charge is 0.454 e. The summed E-state index contributed by atoms with van der Waals surface area (Å²) in [7, 11) is 0. The second kappa shape index (κ2) is 9.33. The molecule has 0 spiro atoms. The first-order valence-electron chi connectivity index (χ1n) is 8.44. The Morgan fingerprint density at radius 3 is 2.67 bits per heavy atom. The van der Waals surface area contributed by atoms with Crippen molar-refractivity contribution in [2.75, 3.05) is 18.5 Å². The summed E-state index contributed by atoms with van der Waals surface area (Å²) < 4.78 is 55.2. The number of benzene rings is 1. The van der Waals surface area contributed by atoms with Crippen LogP contribution in [0.1, 0.15) is 12.8 Å². The number of hydrogen-bond acceptors (Lipinski definition) is 7. The Balaban J connectivity index is 1.92. The van der Waals surface area contributed by atoms with Gasteiger partial charge < -0.3 is 15.0 Å². The number of carbonyl (C=O) groups excluding carboxylic acids is 3. The van der Waals surface area contributed by atoms with Crippen molar-refractivity contribution in [2.24, 2.45) is 0 Å². The third-order valence-electron chi connectivity index (χ3n) is 4.04. The number of carbonyl (C=O) groups is 3. The highest BCUT2D eigenvalue weighted by Crippen LogP contribution is 2.22. The molecule has 1 atom stereocenters. The molecular weight excluding hydrogens is 418 g/mol. The summed E-state index contributed by atoms with van der Waals surface area (Å²) in [6, 6.07) is 1.47. The van der Waals surface area contributed by atoms with Crippen LogP contribution in [0.25, 0.3) is 0 Å². The fourth-order valence-corrected chi connectivity index (χ4v) is 2.62. The molecule has 0 saturated carbocycles. The number of non-ortho nitro benzene ring substituents is 1. The standard InChI is InChI=1S/C17H15F4N3O6/c18-11-4-3-10(24(28)29)8-12(11)22-15(26)9-30-16(27)13-2-1-6-23(13)7-5-14(25)17(19,20)21/h3-5,7-8,13H,1-2,6,9H2,(H,22,26)/b7-5+/t13-/m1/s1. The third kappa shape index (κ3) is 5.99. The molecule has 1 aromatic carbocycles. The highest BCUT2D eigenvalue weighted by Gasteiger charge is 2.37. The van der Waals surface area contributed by atoms with E-state index in [1.54, 1.807) is 0 Å². The van der Waals surface area contributed by atoms with Gasteiger partial charge in [-0.25, -0.2) is 9.18 Å². The number of halogens is 4. The van der Waals surface area contributed by atoms with Gasteiger partial charge in [0.05, 0.1) is 10.6 Å². The van der Waals surface area contributed by atoms with Crippen LogP contribution in [0.2, 0.25) is 0 Å². The van der Waals surface area contributed by atoms with Gasteiger partial charge in [0.1, 0.15) is 11.9 Å². The van der Waals surface area contributed by atoms with Gasteiger partial charge >= 0.3 is 12.1 Å². The predicted molar refractivity (Wildman–Crippen MR) is 92.6 cm³/mol. The minimum absolute atomic E-state index is 0.201. The van der Waals surface area contributed by atoms with Crippen molar-refractivity contribution in [2.45, 2.75) is 25.1 Å². The molecule has 30 heavy (non-hydrogen) atoms. The van der Waals surface area contributed by atoms with E-state index in [4.69, 9.17) is 4.74 Å². The molecule has 0 unspecified atom stereocenters. The number of ether oxygens (including phenoxy) is 1. The number of nitrogens with one attached hydrogen (secondary N) is 1. The summed E-state index contributed by atoms with van der Waals surface area (Å²) in [5, 5.41) is 12.7. The summed E-state index contributed by atoms with van der Waals surface area (Å²) in [5.41, 5.74) is -0.952. The zero-order chi connectivity index (χ0) is 22.5. The first kappa shape index (κ1) is 22.8. The molecule has 1 heterocycles. The topological polar surface area (TPSA) is 119 Å². The molecule has 1 aromatic rings. The van der Waals surface area contributed by atoms with Gasteiger partial charge in [0, 0.05) is 31.0 Å². The van der Waals surface area contributed by atoms with Crippen molar-refractivity contribution < 1.29 is 41.6 Å². The van der Waals surface area contributed by atoms with Crippen molar-refractivity contribution >= 4 is 29.0 Å². The Hall–Kier alpha value is -3.51. The maximum atomic E-state index is 13.7. The summed E-state index contributed by atoms with van der Waals surface area (Å²) in [4.78, 5) is 46.0. The highest BCUT2D eigenvalue weighted by atomic mass is 19.4. The lowest BCUT2D eigenvalue weighted by atomic mass is 10.2. The van der Waals surface area contributed by atoms with Crippen molar-refractivity contribution in [3.05, 3.63) is 46.4 Å². The van der Waals surface area contributed by atoms with Gasteiger partial charge in [-0.15, -0.1) is 0 Å². The summed E-state index contributed by atoms with van der Waals surface area (Å²) in [6.45, 7) is -0.650. The van der Waals surface area contributed by atoms with E-state index in [2.05, 4.69) is 0 Å². The lowest BCUT2D eigenvalue weighted by molar-refractivity contribution is -0.384. The molecule has 1 saturated heterocycles. The Bertz CT molecular complexity index is 887. The first-order chi connectivity index (χ1) is 14.0. The Morgan fingerprint density at radius 1 is 1.33 bits per heavy atom. The smallest absolute Gasteiger partial charge is 0.454 e. The highest BCUT2D eigenvalue weighted by molar-refractivity contribution is 5.94. The molecule has 1 N–H and O–H groups in total. The van der Waals surface area contributed by atoms with Gasteiger partial charge in [-0.1, -0.05) is 0 Å². The number of nitro groups is 1. The van der Waals surface area contributed by atoms with E-state index < -0.39 is 58.6 Å². The molecule has 0 radical (unpaired) electrons. The van der Waals surface area contributed by atoms with E-state index in [-0.39, 0.29) is 13.0 Å². The lowest BCUT2D eigenvalue weighted by Crippen LogP contribution is -2.35. The van der Waals surface area contributed by atoms with Crippen LogP contribution in [0, 0.1) is 15.9 Å². The number of hydrogen-bond donors (Lipinski definition) is 1. The van der Waals surface area contributed by atoms with E-state index in [0.717, 1.165) is 24.4 Å². The average molecular weight is 433 g/mol. The number of nitrogens with zero attached hydrogens (tertiary/aromatic N) is 2. The van der Waals surface area contributed by atoms with Crippen LogP contribution in [0.4, 0.5) is 28.9 Å². The first-order valence-corrected chi connectivity index (χ1v) is 8.44. The molecule has 162 valence electrons. The fourth-order valence-electron chi connectivity index (χ4n) is 2.62. The zero-order valence-electron chi connectivity index (χ0n) is 15.1. The van der Waals surface area contributed by atoms with Crippen LogP contribution in [-0.2, 0) is 19.1 Å². The number of nitro benzene ring substituents is 1. The number of esters is 1. The predicted octanol–water partition coefficient (Wildman–Crippen LogP) is 2.33. The van der Waals surface area contributed by atoms with Gasteiger partial charge in [0.2, 0.25) is 0 Å². The van der Waals surface area contributed by atoms with Crippen molar-refractivity contribution in [3.63, 3.8) is 0 Å². The monoisotopic (exact) mass is 433 g/mol. The van der Waals surface area contributed by atoms with Crippen LogP contribution in [0.15, 0.2) is 30.5 Å². The Labute approximate surface area is 166 Å². The molecule has 0 aromatic heterocycles. The second-order valence-corrected chi connectivity index (χ2v) is 6.15. The number of ketones is 1. The molecule has 1 amide bonds. The molecule has 9 nitrogen and oxygen atoms in total. The molecule has 1 fully saturated rings. The number of anilines is 1. The van der Waals surface area contributed by atoms with Crippen LogP contribution in [0.3, 0.4) is 0 Å². The van der Waals surface area contributed by atoms with Gasteiger partial charge in [-0.3, -0.25) is 19.7 Å². The molecule has 0 aliphatic carbocycles. The van der Waals surface area contributed by atoms with Gasteiger partial charge in [0.15, 0.2) is 6.61 Å². The van der Waals surface area contributed by atoms with Crippen LogP contribution >= 0.6 is 0 Å². The minimum atomic E-state index is -5.04. The average Bonchev–Trinajstić information content (AvgIpc) is 3.13.